The Labute approximate surface area is 68.1 Å². The van der Waals surface area contributed by atoms with E-state index in [1.807, 2.05) is 17.8 Å². The Morgan fingerprint density at radius 3 is 3.00 bits per heavy atom. The van der Waals surface area contributed by atoms with Crippen LogP contribution in [0.25, 0.3) is 11.4 Å². The molecule has 0 radical (unpaired) electrons. The largest absolute Gasteiger partial charge is 0.276 e. The fourth-order valence-electron chi connectivity index (χ4n) is 0.942. The van der Waals surface area contributed by atoms with Crippen molar-refractivity contribution in [3.63, 3.8) is 0 Å². The van der Waals surface area contributed by atoms with Crippen LogP contribution in [0.1, 0.15) is 5.56 Å². The molecule has 0 unspecified atom stereocenters. The minimum absolute atomic E-state index is 0.977. The van der Waals surface area contributed by atoms with Crippen LogP contribution < -0.4 is 0 Å². The minimum atomic E-state index is 0.977. The van der Waals surface area contributed by atoms with Crippen LogP contribution in [-0.2, 0) is 0 Å². The van der Waals surface area contributed by atoms with Crippen LogP contribution >= 0.6 is 11.3 Å². The standard InChI is InChI=1S/C7H7N3S/c1-5-2-9-10-7(5)6-3-11-4-8-6/h2-4H,1H3,(H,9,10). The van der Waals surface area contributed by atoms with Gasteiger partial charge in [-0.05, 0) is 12.5 Å². The second-order valence-electron chi connectivity index (χ2n) is 2.30. The first-order valence-electron chi connectivity index (χ1n) is 3.26. The van der Waals surface area contributed by atoms with Crippen molar-refractivity contribution in [1.29, 1.82) is 0 Å². The molecule has 3 nitrogen and oxygen atoms in total. The molecule has 0 atom stereocenters. The number of H-pyrrole nitrogens is 1. The van der Waals surface area contributed by atoms with Crippen LogP contribution in [0, 0.1) is 6.92 Å². The first-order valence-corrected chi connectivity index (χ1v) is 4.21. The van der Waals surface area contributed by atoms with Crippen molar-refractivity contribution in [1.82, 2.24) is 15.2 Å². The van der Waals surface area contributed by atoms with E-state index in [9.17, 15) is 0 Å². The molecule has 4 heteroatoms. The quantitative estimate of drug-likeness (QED) is 0.700. The summed E-state index contributed by atoms with van der Waals surface area (Å²) in [6.45, 7) is 2.01. The number of aryl methyl sites for hydroxylation is 1. The summed E-state index contributed by atoms with van der Waals surface area (Å²) < 4.78 is 0. The average molecular weight is 165 g/mol. The molecule has 2 aromatic rings. The second-order valence-corrected chi connectivity index (χ2v) is 3.02. The van der Waals surface area contributed by atoms with Crippen LogP contribution in [0.3, 0.4) is 0 Å². The van der Waals surface area contributed by atoms with Gasteiger partial charge in [-0.1, -0.05) is 0 Å². The predicted octanol–water partition coefficient (Wildman–Crippen LogP) is 1.84. The van der Waals surface area contributed by atoms with Crippen LogP contribution in [0.15, 0.2) is 17.1 Å². The smallest absolute Gasteiger partial charge is 0.0992 e. The summed E-state index contributed by atoms with van der Waals surface area (Å²) in [6.07, 6.45) is 1.80. The second kappa shape index (κ2) is 2.47. The maximum atomic E-state index is 4.17. The molecule has 0 amide bonds. The molecule has 0 aliphatic heterocycles. The summed E-state index contributed by atoms with van der Waals surface area (Å²) in [4.78, 5) is 4.17. The van der Waals surface area contributed by atoms with Crippen molar-refractivity contribution in [2.75, 3.05) is 0 Å². The van der Waals surface area contributed by atoms with Crippen molar-refractivity contribution in [2.24, 2.45) is 0 Å². The summed E-state index contributed by atoms with van der Waals surface area (Å²) in [7, 11) is 0. The molecule has 0 aromatic carbocycles. The molecule has 56 valence electrons. The highest BCUT2D eigenvalue weighted by molar-refractivity contribution is 7.07. The average Bonchev–Trinajstić information content (AvgIpc) is 2.55. The molecule has 1 N–H and O–H groups in total. The van der Waals surface area contributed by atoms with E-state index in [0.29, 0.717) is 0 Å². The van der Waals surface area contributed by atoms with Gasteiger partial charge in [0.2, 0.25) is 0 Å². The number of thiazole rings is 1. The van der Waals surface area contributed by atoms with Gasteiger partial charge in [-0.25, -0.2) is 4.98 Å². The lowest BCUT2D eigenvalue weighted by molar-refractivity contribution is 1.09. The molecule has 0 aliphatic rings. The van der Waals surface area contributed by atoms with E-state index in [1.54, 1.807) is 17.5 Å². The zero-order chi connectivity index (χ0) is 7.68. The van der Waals surface area contributed by atoms with Crippen molar-refractivity contribution in [3.05, 3.63) is 22.7 Å². The number of hydrogen-bond acceptors (Lipinski definition) is 3. The van der Waals surface area contributed by atoms with Crippen LogP contribution in [0.5, 0.6) is 0 Å². The van der Waals surface area contributed by atoms with Gasteiger partial charge in [0.15, 0.2) is 0 Å². The fraction of sp³-hybridized carbons (Fsp3) is 0.143. The Morgan fingerprint density at radius 1 is 1.55 bits per heavy atom. The monoisotopic (exact) mass is 165 g/mol. The van der Waals surface area contributed by atoms with Crippen molar-refractivity contribution >= 4 is 11.3 Å². The van der Waals surface area contributed by atoms with Gasteiger partial charge in [-0.15, -0.1) is 11.3 Å². The van der Waals surface area contributed by atoms with Crippen molar-refractivity contribution < 1.29 is 0 Å². The fourth-order valence-corrected chi connectivity index (χ4v) is 1.48. The van der Waals surface area contributed by atoms with Crippen LogP contribution in [0.4, 0.5) is 0 Å². The zero-order valence-electron chi connectivity index (χ0n) is 6.03. The van der Waals surface area contributed by atoms with E-state index in [1.165, 1.54) is 0 Å². The van der Waals surface area contributed by atoms with E-state index in [4.69, 9.17) is 0 Å². The van der Waals surface area contributed by atoms with Gasteiger partial charge in [0.25, 0.3) is 0 Å². The number of nitrogens with one attached hydrogen (secondary N) is 1. The molecule has 0 spiro atoms. The minimum Gasteiger partial charge on any atom is -0.276 e. The molecule has 0 bridgehead atoms. The molecule has 0 aliphatic carbocycles. The van der Waals surface area contributed by atoms with E-state index in [0.717, 1.165) is 17.0 Å². The molecule has 11 heavy (non-hydrogen) atoms. The Morgan fingerprint density at radius 2 is 2.45 bits per heavy atom. The summed E-state index contributed by atoms with van der Waals surface area (Å²) in [6, 6.07) is 0. The zero-order valence-corrected chi connectivity index (χ0v) is 6.85. The van der Waals surface area contributed by atoms with Gasteiger partial charge in [-0.3, -0.25) is 5.10 Å². The number of nitrogens with zero attached hydrogens (tertiary/aromatic N) is 2. The van der Waals surface area contributed by atoms with Gasteiger partial charge in [-0.2, -0.15) is 5.10 Å². The number of aromatic nitrogens is 3. The predicted molar refractivity (Wildman–Crippen MR) is 44.4 cm³/mol. The maximum absolute atomic E-state index is 4.17. The highest BCUT2D eigenvalue weighted by Crippen LogP contribution is 2.19. The summed E-state index contributed by atoms with van der Waals surface area (Å²) in [5.74, 6) is 0. The van der Waals surface area contributed by atoms with Gasteiger partial charge in [0, 0.05) is 5.38 Å². The van der Waals surface area contributed by atoms with Crippen molar-refractivity contribution in [3.8, 4) is 11.4 Å². The molecule has 2 aromatic heterocycles. The van der Waals surface area contributed by atoms with Gasteiger partial charge < -0.3 is 0 Å². The lowest BCUT2D eigenvalue weighted by Gasteiger charge is -1.89. The van der Waals surface area contributed by atoms with Gasteiger partial charge in [0.1, 0.15) is 0 Å². The summed E-state index contributed by atoms with van der Waals surface area (Å²) in [5, 5.41) is 8.82. The lowest BCUT2D eigenvalue weighted by Crippen LogP contribution is -1.78. The topological polar surface area (TPSA) is 41.6 Å². The van der Waals surface area contributed by atoms with E-state index >= 15 is 0 Å². The van der Waals surface area contributed by atoms with Gasteiger partial charge in [0.05, 0.1) is 23.1 Å². The molecular formula is C7H7N3S. The third kappa shape index (κ3) is 1.05. The molecular weight excluding hydrogens is 158 g/mol. The Hall–Kier alpha value is -1.16. The Kier molecular flexibility index (Phi) is 1.47. The first kappa shape index (κ1) is 6.54. The summed E-state index contributed by atoms with van der Waals surface area (Å²) >= 11 is 1.59. The number of hydrogen-bond donors (Lipinski definition) is 1. The third-order valence-electron chi connectivity index (χ3n) is 1.52. The number of aromatic amines is 1. The highest BCUT2D eigenvalue weighted by atomic mass is 32.1. The SMILES string of the molecule is Cc1cn[nH]c1-c1cscn1. The van der Waals surface area contributed by atoms with Crippen LogP contribution in [-0.4, -0.2) is 15.2 Å². The normalized spacial score (nSPS) is 10.3. The van der Waals surface area contributed by atoms with E-state index in [2.05, 4.69) is 15.2 Å². The summed E-state index contributed by atoms with van der Waals surface area (Å²) in [5.41, 5.74) is 4.95. The number of rotatable bonds is 1. The Bertz CT molecular complexity index is 336. The van der Waals surface area contributed by atoms with Gasteiger partial charge >= 0.3 is 0 Å². The van der Waals surface area contributed by atoms with E-state index < -0.39 is 0 Å². The molecule has 0 fully saturated rings. The maximum Gasteiger partial charge on any atom is 0.0992 e. The van der Waals surface area contributed by atoms with Crippen molar-refractivity contribution in [2.45, 2.75) is 6.92 Å². The molecule has 2 heterocycles. The first-order chi connectivity index (χ1) is 5.38. The third-order valence-corrected chi connectivity index (χ3v) is 2.10. The molecule has 0 saturated heterocycles. The highest BCUT2D eigenvalue weighted by Gasteiger charge is 2.03. The lowest BCUT2D eigenvalue weighted by atomic mass is 10.2. The van der Waals surface area contributed by atoms with E-state index in [-0.39, 0.29) is 0 Å². The van der Waals surface area contributed by atoms with Crippen LogP contribution in [0.2, 0.25) is 0 Å². The molecule has 0 saturated carbocycles. The Balaban J connectivity index is 2.53. The molecule has 2 rings (SSSR count).